The minimum absolute atomic E-state index is 0.116. The summed E-state index contributed by atoms with van der Waals surface area (Å²) < 4.78 is 0. The van der Waals surface area contributed by atoms with Crippen LogP contribution in [0.5, 0.6) is 0 Å². The molecule has 1 aromatic carbocycles. The van der Waals surface area contributed by atoms with Crippen LogP contribution in [-0.4, -0.2) is 22.6 Å². The Kier molecular flexibility index (Phi) is 5.27. The van der Waals surface area contributed by atoms with Crippen molar-refractivity contribution in [2.75, 3.05) is 17.2 Å². The summed E-state index contributed by atoms with van der Waals surface area (Å²) in [6.45, 7) is 6.35. The molecule has 0 bridgehead atoms. The van der Waals surface area contributed by atoms with E-state index in [1.807, 2.05) is 26.0 Å². The number of hydrogen-bond donors (Lipinski definition) is 2. The second-order valence-corrected chi connectivity index (χ2v) is 6.03. The van der Waals surface area contributed by atoms with Crippen LogP contribution in [-0.2, 0) is 11.2 Å². The smallest absolute Gasteiger partial charge is 0.245 e. The first-order valence-electron chi connectivity index (χ1n) is 7.02. The molecule has 1 heterocycles. The number of carbonyl (C=O) groups is 1. The summed E-state index contributed by atoms with van der Waals surface area (Å²) in [5, 5.41) is 15.4. The number of rotatable bonds is 6. The van der Waals surface area contributed by atoms with E-state index in [-0.39, 0.29) is 12.5 Å². The van der Waals surface area contributed by atoms with Crippen LogP contribution in [0, 0.1) is 13.8 Å². The maximum Gasteiger partial charge on any atom is 0.245 e. The van der Waals surface area contributed by atoms with Gasteiger partial charge in [-0.3, -0.25) is 10.1 Å². The number of nitrogens with zero attached hydrogens (tertiary/aromatic N) is 2. The van der Waals surface area contributed by atoms with E-state index in [9.17, 15) is 4.79 Å². The van der Waals surface area contributed by atoms with Crippen LogP contribution < -0.4 is 10.6 Å². The van der Waals surface area contributed by atoms with Crippen LogP contribution in [0.1, 0.15) is 29.5 Å². The molecule has 0 aliphatic rings. The van der Waals surface area contributed by atoms with Crippen LogP contribution in [0.3, 0.4) is 0 Å². The summed E-state index contributed by atoms with van der Waals surface area (Å²) in [6.07, 6.45) is 1.92. The van der Waals surface area contributed by atoms with Crippen molar-refractivity contribution in [1.29, 1.82) is 0 Å². The first kappa shape index (κ1) is 15.4. The van der Waals surface area contributed by atoms with Gasteiger partial charge in [-0.05, 0) is 37.5 Å². The van der Waals surface area contributed by atoms with Crippen LogP contribution in [0.4, 0.5) is 10.8 Å². The molecule has 21 heavy (non-hydrogen) atoms. The van der Waals surface area contributed by atoms with Crippen LogP contribution >= 0.6 is 11.3 Å². The molecule has 5 nitrogen and oxygen atoms in total. The lowest BCUT2D eigenvalue weighted by atomic mass is 10.1. The van der Waals surface area contributed by atoms with Crippen LogP contribution in [0.15, 0.2) is 18.2 Å². The van der Waals surface area contributed by atoms with Crippen molar-refractivity contribution < 1.29 is 4.79 Å². The van der Waals surface area contributed by atoms with E-state index in [4.69, 9.17) is 0 Å². The first-order valence-corrected chi connectivity index (χ1v) is 7.83. The zero-order chi connectivity index (χ0) is 15.2. The average molecular weight is 304 g/mol. The molecule has 2 N–H and O–H groups in total. The first-order chi connectivity index (χ1) is 10.1. The quantitative estimate of drug-likeness (QED) is 0.860. The normalized spacial score (nSPS) is 10.4. The lowest BCUT2D eigenvalue weighted by molar-refractivity contribution is -0.114. The third kappa shape index (κ3) is 4.53. The van der Waals surface area contributed by atoms with E-state index in [2.05, 4.69) is 33.8 Å². The van der Waals surface area contributed by atoms with Gasteiger partial charge in [0.05, 0.1) is 6.54 Å². The predicted octanol–water partition coefficient (Wildman–Crippen LogP) is 3.16. The van der Waals surface area contributed by atoms with Gasteiger partial charge in [-0.2, -0.15) is 0 Å². The molecule has 2 rings (SSSR count). The molecule has 112 valence electrons. The topological polar surface area (TPSA) is 66.9 Å². The van der Waals surface area contributed by atoms with Crippen molar-refractivity contribution in [1.82, 2.24) is 10.2 Å². The highest BCUT2D eigenvalue weighted by Gasteiger charge is 2.08. The van der Waals surface area contributed by atoms with Crippen molar-refractivity contribution in [3.8, 4) is 0 Å². The van der Waals surface area contributed by atoms with E-state index in [0.29, 0.717) is 5.13 Å². The van der Waals surface area contributed by atoms with Crippen molar-refractivity contribution in [3.05, 3.63) is 34.3 Å². The van der Waals surface area contributed by atoms with Crippen molar-refractivity contribution >= 4 is 28.1 Å². The number of nitrogens with one attached hydrogen (secondary N) is 2. The van der Waals surface area contributed by atoms with Crippen LogP contribution in [0.2, 0.25) is 0 Å². The van der Waals surface area contributed by atoms with Gasteiger partial charge < -0.3 is 5.32 Å². The molecule has 0 saturated heterocycles. The second kappa shape index (κ2) is 7.17. The molecule has 0 fully saturated rings. The molecule has 1 aromatic heterocycles. The molecule has 2 aromatic rings. The Bertz CT molecular complexity index is 624. The summed E-state index contributed by atoms with van der Waals surface area (Å²) >= 11 is 1.43. The zero-order valence-corrected chi connectivity index (χ0v) is 13.4. The number of hydrogen-bond acceptors (Lipinski definition) is 5. The van der Waals surface area contributed by atoms with Crippen molar-refractivity contribution in [2.24, 2.45) is 0 Å². The van der Waals surface area contributed by atoms with Gasteiger partial charge in [0.15, 0.2) is 0 Å². The summed E-state index contributed by atoms with van der Waals surface area (Å²) in [7, 11) is 0. The largest absolute Gasteiger partial charge is 0.376 e. The van der Waals surface area contributed by atoms with Crippen molar-refractivity contribution in [3.63, 3.8) is 0 Å². The summed E-state index contributed by atoms with van der Waals surface area (Å²) in [5.41, 5.74) is 3.26. The molecule has 0 aliphatic heterocycles. The van der Waals surface area contributed by atoms with Gasteiger partial charge in [0, 0.05) is 12.1 Å². The molecule has 6 heteroatoms. The lowest BCUT2D eigenvalue weighted by Gasteiger charge is -2.09. The van der Waals surface area contributed by atoms with E-state index in [0.717, 1.165) is 34.7 Å². The molecule has 0 saturated carbocycles. The second-order valence-electron chi connectivity index (χ2n) is 4.97. The highest BCUT2D eigenvalue weighted by molar-refractivity contribution is 7.15. The van der Waals surface area contributed by atoms with E-state index in [1.165, 1.54) is 11.3 Å². The number of anilines is 2. The highest BCUT2D eigenvalue weighted by Crippen LogP contribution is 2.17. The Hall–Kier alpha value is -1.95. The minimum atomic E-state index is -0.116. The average Bonchev–Trinajstić information content (AvgIpc) is 2.87. The summed E-state index contributed by atoms with van der Waals surface area (Å²) in [6, 6.07) is 6.13. The summed E-state index contributed by atoms with van der Waals surface area (Å²) in [5.74, 6) is -0.116. The molecule has 0 spiro atoms. The number of benzene rings is 1. The van der Waals surface area contributed by atoms with Gasteiger partial charge in [0.1, 0.15) is 5.01 Å². The molecular weight excluding hydrogens is 284 g/mol. The van der Waals surface area contributed by atoms with Gasteiger partial charge >= 0.3 is 0 Å². The monoisotopic (exact) mass is 304 g/mol. The van der Waals surface area contributed by atoms with Gasteiger partial charge in [-0.25, -0.2) is 0 Å². The minimum Gasteiger partial charge on any atom is -0.376 e. The fourth-order valence-corrected chi connectivity index (χ4v) is 2.74. The van der Waals surface area contributed by atoms with Crippen LogP contribution in [0.25, 0.3) is 0 Å². The van der Waals surface area contributed by atoms with Gasteiger partial charge in [-0.1, -0.05) is 30.4 Å². The fraction of sp³-hybridized carbons (Fsp3) is 0.400. The zero-order valence-electron chi connectivity index (χ0n) is 12.6. The fourth-order valence-electron chi connectivity index (χ4n) is 1.88. The Morgan fingerprint density at radius 3 is 2.86 bits per heavy atom. The third-order valence-electron chi connectivity index (χ3n) is 3.01. The van der Waals surface area contributed by atoms with E-state index < -0.39 is 0 Å². The van der Waals surface area contributed by atoms with Gasteiger partial charge in [-0.15, -0.1) is 10.2 Å². The van der Waals surface area contributed by atoms with E-state index in [1.54, 1.807) is 0 Å². The lowest BCUT2D eigenvalue weighted by Crippen LogP contribution is -2.22. The maximum atomic E-state index is 11.9. The number of carbonyl (C=O) groups excluding carboxylic acids is 1. The molecule has 1 amide bonds. The Morgan fingerprint density at radius 2 is 2.10 bits per heavy atom. The Balaban J connectivity index is 1.88. The van der Waals surface area contributed by atoms with Crippen molar-refractivity contribution in [2.45, 2.75) is 33.6 Å². The van der Waals surface area contributed by atoms with E-state index >= 15 is 0 Å². The number of amides is 1. The third-order valence-corrected chi connectivity index (χ3v) is 3.91. The molecule has 0 unspecified atom stereocenters. The maximum absolute atomic E-state index is 11.9. The molecule has 0 aliphatic carbocycles. The highest BCUT2D eigenvalue weighted by atomic mass is 32.1. The standard InChI is InChI=1S/C15H20N4OS/c1-4-5-14-18-19-15(21-14)17-13(20)9-16-12-8-10(2)6-7-11(12)3/h6-8,16H,4-5,9H2,1-3H3,(H,17,19,20). The SMILES string of the molecule is CCCc1nnc(NC(=O)CNc2cc(C)ccc2C)s1. The molecule has 0 radical (unpaired) electrons. The van der Waals surface area contributed by atoms with Gasteiger partial charge in [0.2, 0.25) is 11.0 Å². The molecular formula is C15H20N4OS. The summed E-state index contributed by atoms with van der Waals surface area (Å²) in [4.78, 5) is 11.9. The Morgan fingerprint density at radius 1 is 1.29 bits per heavy atom. The van der Waals surface area contributed by atoms with Gasteiger partial charge in [0.25, 0.3) is 0 Å². The Labute approximate surface area is 128 Å². The number of aromatic nitrogens is 2. The predicted molar refractivity (Wildman–Crippen MR) is 86.9 cm³/mol. The number of aryl methyl sites for hydroxylation is 3. The molecule has 0 atom stereocenters.